The number of hydrogen-bond donors (Lipinski definition) is 1. The number of carbonyl (C=O) groups excluding carboxylic acids is 2. The predicted octanol–water partition coefficient (Wildman–Crippen LogP) is 5.58. The molecule has 2 unspecified atom stereocenters. The van der Waals surface area contributed by atoms with Crippen molar-refractivity contribution in [2.24, 2.45) is 0 Å². The molecular weight excluding hydrogens is 414 g/mol. The Balaban J connectivity index is 2.39. The van der Waals surface area contributed by atoms with E-state index in [4.69, 9.17) is 4.74 Å². The number of aryl methyl sites for hydroxylation is 3. The van der Waals surface area contributed by atoms with Gasteiger partial charge >= 0.3 is 5.97 Å². The summed E-state index contributed by atoms with van der Waals surface area (Å²) >= 11 is 0. The maximum atomic E-state index is 13.6. The Morgan fingerprint density at radius 3 is 2.21 bits per heavy atom. The van der Waals surface area contributed by atoms with Crippen molar-refractivity contribution in [2.45, 2.75) is 80.3 Å². The van der Waals surface area contributed by atoms with Gasteiger partial charge in [0, 0.05) is 18.9 Å². The number of Topliss-reactive ketones (excluding diaryl/α,β-unsaturated/α-hetero) is 1. The molecule has 0 aromatic heterocycles. The molecule has 0 amide bonds. The summed E-state index contributed by atoms with van der Waals surface area (Å²) in [6.45, 7) is 16.0. The van der Waals surface area contributed by atoms with E-state index in [1.54, 1.807) is 6.07 Å². The van der Waals surface area contributed by atoms with Crippen LogP contribution in [0.1, 0.15) is 68.4 Å². The highest BCUT2D eigenvalue weighted by Gasteiger charge is 2.37. The fraction of sp³-hybridized carbons (Fsp3) is 0.500. The van der Waals surface area contributed by atoms with Crippen molar-refractivity contribution in [3.63, 3.8) is 0 Å². The Morgan fingerprint density at radius 1 is 1.06 bits per heavy atom. The van der Waals surface area contributed by atoms with E-state index in [0.717, 1.165) is 48.2 Å². The molecule has 0 aliphatic carbocycles. The predicted molar refractivity (Wildman–Crippen MR) is 133 cm³/mol. The highest BCUT2D eigenvalue weighted by atomic mass is 16.5. The molecule has 0 aliphatic heterocycles. The number of ether oxygens (including phenoxy) is 1. The standard InChI is InChI=1S/C28H39NO4/c1-8-10-14-29(9-2,18-24-15-21(5)28(27(32)16-24)33-23(7)30)22(6)26(31)17-25-19(3)12-11-13-20(25)4/h11-13,15-16,22H,8-10,14,17-18H2,1-7H3/p+1. The molecule has 2 atom stereocenters. The number of hydrogen-bond acceptors (Lipinski definition) is 4. The monoisotopic (exact) mass is 454 g/mol. The highest BCUT2D eigenvalue weighted by Crippen LogP contribution is 2.34. The number of aromatic hydroxyl groups is 1. The van der Waals surface area contributed by atoms with Crippen LogP contribution in [-0.4, -0.2) is 40.5 Å². The van der Waals surface area contributed by atoms with Crippen LogP contribution in [0.4, 0.5) is 0 Å². The van der Waals surface area contributed by atoms with Gasteiger partial charge in [-0.25, -0.2) is 0 Å². The number of unbranched alkanes of at least 4 members (excludes halogenated alkanes) is 1. The first-order chi connectivity index (χ1) is 15.5. The van der Waals surface area contributed by atoms with Crippen molar-refractivity contribution in [1.82, 2.24) is 0 Å². The number of quaternary nitrogens is 1. The third-order valence-electron chi connectivity index (χ3n) is 6.93. The maximum Gasteiger partial charge on any atom is 0.308 e. The number of likely N-dealkylation sites (N-methyl/N-ethyl adjacent to an activating group) is 1. The third-order valence-corrected chi connectivity index (χ3v) is 6.93. The van der Waals surface area contributed by atoms with E-state index in [0.29, 0.717) is 23.0 Å². The van der Waals surface area contributed by atoms with Crippen molar-refractivity contribution in [1.29, 1.82) is 0 Å². The Morgan fingerprint density at radius 2 is 1.70 bits per heavy atom. The molecule has 33 heavy (non-hydrogen) atoms. The lowest BCUT2D eigenvalue weighted by molar-refractivity contribution is -0.952. The van der Waals surface area contributed by atoms with Gasteiger partial charge in [0.15, 0.2) is 17.3 Å². The van der Waals surface area contributed by atoms with Gasteiger partial charge in [0.2, 0.25) is 0 Å². The minimum Gasteiger partial charge on any atom is -0.504 e. The molecule has 0 bridgehead atoms. The highest BCUT2D eigenvalue weighted by molar-refractivity contribution is 5.85. The van der Waals surface area contributed by atoms with Crippen LogP contribution < -0.4 is 4.74 Å². The summed E-state index contributed by atoms with van der Waals surface area (Å²) in [7, 11) is 0. The van der Waals surface area contributed by atoms with E-state index in [-0.39, 0.29) is 23.3 Å². The summed E-state index contributed by atoms with van der Waals surface area (Å²) in [5.41, 5.74) is 5.07. The van der Waals surface area contributed by atoms with Gasteiger partial charge in [0.1, 0.15) is 12.6 Å². The Bertz CT molecular complexity index is 954. The van der Waals surface area contributed by atoms with E-state index >= 15 is 0 Å². The summed E-state index contributed by atoms with van der Waals surface area (Å²) in [4.78, 5) is 24.9. The number of esters is 1. The molecule has 2 aromatic rings. The van der Waals surface area contributed by atoms with Crippen LogP contribution in [0.15, 0.2) is 30.3 Å². The van der Waals surface area contributed by atoms with E-state index in [2.05, 4.69) is 46.8 Å². The number of carbonyl (C=O) groups is 2. The number of ketones is 1. The summed E-state index contributed by atoms with van der Waals surface area (Å²) in [5, 5.41) is 10.5. The first-order valence-corrected chi connectivity index (χ1v) is 12.0. The minimum absolute atomic E-state index is 0.0422. The summed E-state index contributed by atoms with van der Waals surface area (Å²) in [6, 6.07) is 9.60. The molecule has 0 radical (unpaired) electrons. The maximum absolute atomic E-state index is 13.6. The van der Waals surface area contributed by atoms with Crippen molar-refractivity contribution in [3.8, 4) is 11.5 Å². The van der Waals surface area contributed by atoms with Gasteiger partial charge in [-0.05, 0) is 75.4 Å². The minimum atomic E-state index is -0.464. The van der Waals surface area contributed by atoms with Gasteiger partial charge < -0.3 is 14.3 Å². The van der Waals surface area contributed by atoms with Crippen LogP contribution in [0.5, 0.6) is 11.5 Å². The largest absolute Gasteiger partial charge is 0.504 e. The molecule has 0 saturated heterocycles. The lowest BCUT2D eigenvalue weighted by atomic mass is 9.94. The quantitative estimate of drug-likeness (QED) is 0.273. The molecule has 180 valence electrons. The molecule has 2 aromatic carbocycles. The fourth-order valence-corrected chi connectivity index (χ4v) is 4.74. The Labute approximate surface area is 199 Å². The second-order valence-electron chi connectivity index (χ2n) is 9.31. The molecule has 0 aliphatic rings. The SMILES string of the molecule is CCCC[N+](CC)(Cc1cc(C)c(OC(C)=O)c(O)c1)C(C)C(=O)Cc1c(C)cccc1C. The van der Waals surface area contributed by atoms with Gasteiger partial charge in [0.05, 0.1) is 13.1 Å². The van der Waals surface area contributed by atoms with Crippen LogP contribution >= 0.6 is 0 Å². The van der Waals surface area contributed by atoms with Gasteiger partial charge in [-0.1, -0.05) is 31.5 Å². The Kier molecular flexibility index (Phi) is 9.24. The number of nitrogens with zero attached hydrogens (tertiary/aromatic N) is 1. The zero-order chi connectivity index (χ0) is 24.8. The number of phenolic OH excluding ortho intramolecular Hbond substituents is 1. The van der Waals surface area contributed by atoms with Gasteiger partial charge in [-0.3, -0.25) is 9.59 Å². The van der Waals surface area contributed by atoms with E-state index in [9.17, 15) is 14.7 Å². The zero-order valence-electron chi connectivity index (χ0n) is 21.3. The van der Waals surface area contributed by atoms with Crippen LogP contribution in [-0.2, 0) is 22.6 Å². The molecular formula is C28H40NO4+. The van der Waals surface area contributed by atoms with Crippen molar-refractivity contribution >= 4 is 11.8 Å². The van der Waals surface area contributed by atoms with E-state index in [1.807, 2.05) is 19.1 Å². The van der Waals surface area contributed by atoms with E-state index < -0.39 is 5.97 Å². The Hall–Kier alpha value is -2.66. The fourth-order valence-electron chi connectivity index (χ4n) is 4.74. The second-order valence-corrected chi connectivity index (χ2v) is 9.31. The van der Waals surface area contributed by atoms with Crippen LogP contribution in [0, 0.1) is 20.8 Å². The molecule has 0 spiro atoms. The lowest BCUT2D eigenvalue weighted by Crippen LogP contribution is -2.57. The summed E-state index contributed by atoms with van der Waals surface area (Å²) in [5.74, 6) is -0.0655. The molecule has 2 rings (SSSR count). The van der Waals surface area contributed by atoms with Crippen molar-refractivity contribution in [3.05, 3.63) is 58.1 Å². The van der Waals surface area contributed by atoms with Crippen molar-refractivity contribution in [2.75, 3.05) is 13.1 Å². The molecule has 0 heterocycles. The number of rotatable bonds is 11. The summed E-state index contributed by atoms with van der Waals surface area (Å²) in [6.07, 6.45) is 2.50. The first-order valence-electron chi connectivity index (χ1n) is 12.0. The zero-order valence-corrected chi connectivity index (χ0v) is 21.3. The van der Waals surface area contributed by atoms with Crippen LogP contribution in [0.3, 0.4) is 0 Å². The second kappa shape index (κ2) is 11.5. The van der Waals surface area contributed by atoms with Gasteiger partial charge in [-0.15, -0.1) is 0 Å². The number of benzene rings is 2. The third kappa shape index (κ3) is 6.44. The van der Waals surface area contributed by atoms with Crippen LogP contribution in [0.25, 0.3) is 0 Å². The molecule has 0 fully saturated rings. The normalized spacial score (nSPS) is 13.9. The van der Waals surface area contributed by atoms with Crippen LogP contribution in [0.2, 0.25) is 0 Å². The first kappa shape index (κ1) is 26.6. The molecule has 1 N–H and O–H groups in total. The van der Waals surface area contributed by atoms with E-state index in [1.165, 1.54) is 6.92 Å². The topological polar surface area (TPSA) is 63.6 Å². The summed E-state index contributed by atoms with van der Waals surface area (Å²) < 4.78 is 5.81. The number of phenols is 1. The molecule has 0 saturated carbocycles. The molecule has 5 heteroatoms. The van der Waals surface area contributed by atoms with Crippen molar-refractivity contribution < 1.29 is 23.9 Å². The molecule has 5 nitrogen and oxygen atoms in total. The van der Waals surface area contributed by atoms with Gasteiger partial charge in [0.25, 0.3) is 0 Å². The average molecular weight is 455 g/mol. The average Bonchev–Trinajstić information content (AvgIpc) is 2.75. The lowest BCUT2D eigenvalue weighted by Gasteiger charge is -2.42. The smallest absolute Gasteiger partial charge is 0.308 e. The van der Waals surface area contributed by atoms with Gasteiger partial charge in [-0.2, -0.15) is 0 Å².